The fraction of sp³-hybridized carbons (Fsp3) is 0.364. The molecule has 2 rings (SSSR count). The molecule has 0 saturated carbocycles. The van der Waals surface area contributed by atoms with Crippen LogP contribution >= 0.6 is 11.3 Å². The zero-order valence-electron chi connectivity index (χ0n) is 9.47. The first-order valence-corrected chi connectivity index (χ1v) is 6.24. The summed E-state index contributed by atoms with van der Waals surface area (Å²) in [6.07, 6.45) is 2.20. The molecule has 90 valence electrons. The van der Waals surface area contributed by atoms with Crippen LogP contribution < -0.4 is 5.32 Å². The first-order valence-electron chi connectivity index (χ1n) is 5.36. The third kappa shape index (κ3) is 3.67. The third-order valence-electron chi connectivity index (χ3n) is 2.18. The van der Waals surface area contributed by atoms with Crippen LogP contribution in [0, 0.1) is 6.92 Å². The highest BCUT2D eigenvalue weighted by Crippen LogP contribution is 2.12. The normalized spacial score (nSPS) is 10.4. The number of aryl methyl sites for hydroxylation is 2. The first-order chi connectivity index (χ1) is 8.24. The molecule has 0 radical (unpaired) electrons. The molecule has 0 unspecified atom stereocenters. The lowest BCUT2D eigenvalue weighted by atomic mass is 10.2. The van der Waals surface area contributed by atoms with Gasteiger partial charge in [0.2, 0.25) is 5.91 Å². The first kappa shape index (κ1) is 11.8. The molecule has 0 saturated heterocycles. The second-order valence-electron chi connectivity index (χ2n) is 3.63. The van der Waals surface area contributed by atoms with Gasteiger partial charge in [-0.1, -0.05) is 11.2 Å². The van der Waals surface area contributed by atoms with Crippen molar-refractivity contribution in [2.75, 3.05) is 5.32 Å². The summed E-state index contributed by atoms with van der Waals surface area (Å²) in [7, 11) is 0. The van der Waals surface area contributed by atoms with E-state index >= 15 is 0 Å². The molecular weight excluding hydrogens is 238 g/mol. The SMILES string of the molecule is Cc1noc(NC(=O)CCCc2cccs2)n1. The number of carbonyl (C=O) groups is 1. The van der Waals surface area contributed by atoms with Crippen LogP contribution in [0.4, 0.5) is 6.01 Å². The van der Waals surface area contributed by atoms with Crippen LogP contribution in [0.25, 0.3) is 0 Å². The maximum absolute atomic E-state index is 11.5. The number of hydrogen-bond donors (Lipinski definition) is 1. The Bertz CT molecular complexity index is 479. The van der Waals surface area contributed by atoms with E-state index in [2.05, 4.69) is 21.5 Å². The average molecular weight is 251 g/mol. The standard InChI is InChI=1S/C11H13N3O2S/c1-8-12-11(16-14-8)13-10(15)6-2-4-9-5-3-7-17-9/h3,5,7H,2,4,6H2,1H3,(H,12,13,14,15). The molecule has 0 spiro atoms. The lowest BCUT2D eigenvalue weighted by Gasteiger charge is -1.99. The molecule has 2 aromatic heterocycles. The van der Waals surface area contributed by atoms with Gasteiger partial charge in [0.1, 0.15) is 0 Å². The smallest absolute Gasteiger partial charge is 0.315 e. The van der Waals surface area contributed by atoms with E-state index in [0.717, 1.165) is 12.8 Å². The molecule has 6 heteroatoms. The summed E-state index contributed by atoms with van der Waals surface area (Å²) in [5.74, 6) is 0.420. The van der Waals surface area contributed by atoms with Crippen molar-refractivity contribution in [3.63, 3.8) is 0 Å². The summed E-state index contributed by atoms with van der Waals surface area (Å²) in [5, 5.41) is 8.20. The van der Waals surface area contributed by atoms with Crippen molar-refractivity contribution in [1.29, 1.82) is 0 Å². The molecule has 1 N–H and O–H groups in total. The zero-order valence-corrected chi connectivity index (χ0v) is 10.3. The second kappa shape index (κ2) is 5.58. The number of nitrogens with zero attached hydrogens (tertiary/aromatic N) is 2. The zero-order chi connectivity index (χ0) is 12.1. The van der Waals surface area contributed by atoms with Gasteiger partial charge in [-0.25, -0.2) is 0 Å². The highest BCUT2D eigenvalue weighted by molar-refractivity contribution is 7.09. The number of aromatic nitrogens is 2. The monoisotopic (exact) mass is 251 g/mol. The Labute approximate surface area is 103 Å². The number of nitrogens with one attached hydrogen (secondary N) is 1. The summed E-state index contributed by atoms with van der Waals surface area (Å²) in [5.41, 5.74) is 0. The molecule has 0 aliphatic heterocycles. The predicted octanol–water partition coefficient (Wildman–Crippen LogP) is 2.40. The van der Waals surface area contributed by atoms with Crippen molar-refractivity contribution in [3.05, 3.63) is 28.2 Å². The van der Waals surface area contributed by atoms with Gasteiger partial charge in [0.15, 0.2) is 5.82 Å². The maximum Gasteiger partial charge on any atom is 0.328 e. The van der Waals surface area contributed by atoms with Gasteiger partial charge in [-0.15, -0.1) is 11.3 Å². The van der Waals surface area contributed by atoms with Crippen molar-refractivity contribution in [1.82, 2.24) is 10.1 Å². The van der Waals surface area contributed by atoms with Crippen LogP contribution in [0.5, 0.6) is 0 Å². The Morgan fingerprint density at radius 2 is 2.47 bits per heavy atom. The van der Waals surface area contributed by atoms with E-state index in [1.165, 1.54) is 4.88 Å². The van der Waals surface area contributed by atoms with E-state index in [9.17, 15) is 4.79 Å². The quantitative estimate of drug-likeness (QED) is 0.886. The molecule has 5 nitrogen and oxygen atoms in total. The summed E-state index contributed by atoms with van der Waals surface area (Å²) < 4.78 is 4.80. The van der Waals surface area contributed by atoms with Gasteiger partial charge in [-0.3, -0.25) is 10.1 Å². The minimum atomic E-state index is -0.0924. The molecule has 0 bridgehead atoms. The number of anilines is 1. The third-order valence-corrected chi connectivity index (χ3v) is 3.12. The molecule has 0 aromatic carbocycles. The van der Waals surface area contributed by atoms with E-state index in [-0.39, 0.29) is 11.9 Å². The van der Waals surface area contributed by atoms with Crippen molar-refractivity contribution in [2.24, 2.45) is 0 Å². The lowest BCUT2D eigenvalue weighted by molar-refractivity contribution is -0.116. The minimum absolute atomic E-state index is 0.0924. The van der Waals surface area contributed by atoms with Crippen LogP contribution in [0.2, 0.25) is 0 Å². The molecule has 17 heavy (non-hydrogen) atoms. The maximum atomic E-state index is 11.5. The van der Waals surface area contributed by atoms with Crippen molar-refractivity contribution in [2.45, 2.75) is 26.2 Å². The van der Waals surface area contributed by atoms with E-state index in [0.29, 0.717) is 12.2 Å². The molecular formula is C11H13N3O2S. The van der Waals surface area contributed by atoms with Crippen LogP contribution in [-0.2, 0) is 11.2 Å². The topological polar surface area (TPSA) is 68.0 Å². The van der Waals surface area contributed by atoms with Crippen molar-refractivity contribution >= 4 is 23.3 Å². The lowest BCUT2D eigenvalue weighted by Crippen LogP contribution is -2.11. The van der Waals surface area contributed by atoms with Crippen LogP contribution in [0.15, 0.2) is 22.0 Å². The largest absolute Gasteiger partial charge is 0.328 e. The molecule has 0 aliphatic rings. The van der Waals surface area contributed by atoms with E-state index in [1.807, 2.05) is 11.4 Å². The number of thiophene rings is 1. The van der Waals surface area contributed by atoms with Crippen LogP contribution in [0.3, 0.4) is 0 Å². The summed E-state index contributed by atoms with van der Waals surface area (Å²) >= 11 is 1.71. The molecule has 1 amide bonds. The Morgan fingerprint density at radius 1 is 1.59 bits per heavy atom. The number of rotatable bonds is 5. The highest BCUT2D eigenvalue weighted by atomic mass is 32.1. The summed E-state index contributed by atoms with van der Waals surface area (Å²) in [6.45, 7) is 1.70. The Hall–Kier alpha value is -1.69. The fourth-order valence-electron chi connectivity index (χ4n) is 1.41. The van der Waals surface area contributed by atoms with Gasteiger partial charge < -0.3 is 4.52 Å². The molecule has 0 fully saturated rings. The molecule has 0 aliphatic carbocycles. The fourth-order valence-corrected chi connectivity index (χ4v) is 2.16. The van der Waals surface area contributed by atoms with E-state index < -0.39 is 0 Å². The van der Waals surface area contributed by atoms with Crippen LogP contribution in [-0.4, -0.2) is 16.0 Å². The highest BCUT2D eigenvalue weighted by Gasteiger charge is 2.07. The summed E-state index contributed by atoms with van der Waals surface area (Å²) in [4.78, 5) is 16.7. The van der Waals surface area contributed by atoms with Gasteiger partial charge in [0.25, 0.3) is 0 Å². The molecule has 2 aromatic rings. The molecule has 0 atom stereocenters. The minimum Gasteiger partial charge on any atom is -0.315 e. The van der Waals surface area contributed by atoms with E-state index in [4.69, 9.17) is 4.52 Å². The molecule has 2 heterocycles. The van der Waals surface area contributed by atoms with Gasteiger partial charge >= 0.3 is 6.01 Å². The Kier molecular flexibility index (Phi) is 3.87. The van der Waals surface area contributed by atoms with Gasteiger partial charge in [0.05, 0.1) is 0 Å². The van der Waals surface area contributed by atoms with E-state index in [1.54, 1.807) is 18.3 Å². The predicted molar refractivity (Wildman–Crippen MR) is 64.9 cm³/mol. The Balaban J connectivity index is 1.71. The van der Waals surface area contributed by atoms with Crippen LogP contribution in [0.1, 0.15) is 23.5 Å². The average Bonchev–Trinajstić information content (AvgIpc) is 2.90. The van der Waals surface area contributed by atoms with Crippen molar-refractivity contribution < 1.29 is 9.32 Å². The number of amides is 1. The van der Waals surface area contributed by atoms with Gasteiger partial charge in [-0.2, -0.15) is 4.98 Å². The number of carbonyl (C=O) groups excluding carboxylic acids is 1. The van der Waals surface area contributed by atoms with Crippen molar-refractivity contribution in [3.8, 4) is 0 Å². The van der Waals surface area contributed by atoms with Gasteiger partial charge in [-0.05, 0) is 31.2 Å². The second-order valence-corrected chi connectivity index (χ2v) is 4.66. The van der Waals surface area contributed by atoms with Gasteiger partial charge in [0, 0.05) is 11.3 Å². The Morgan fingerprint density at radius 3 is 3.12 bits per heavy atom. The summed E-state index contributed by atoms with van der Waals surface area (Å²) in [6, 6.07) is 4.26. The number of hydrogen-bond acceptors (Lipinski definition) is 5.